The van der Waals surface area contributed by atoms with E-state index in [0.717, 1.165) is 0 Å². The quantitative estimate of drug-likeness (QED) is 0.572. The maximum Gasteiger partial charge on any atom is 0.312 e. The van der Waals surface area contributed by atoms with E-state index in [0.29, 0.717) is 6.85 Å². The fraction of sp³-hybridized carbons (Fsp3) is 0.0769. The Morgan fingerprint density at radius 3 is 2.93 bits per heavy atom. The van der Waals surface area contributed by atoms with Crippen molar-refractivity contribution in [2.75, 3.05) is 4.81 Å². The maximum atomic E-state index is 2.31. The molecule has 15 heavy (non-hydrogen) atoms. The Bertz CT molecular complexity index is 485. The number of para-hydroxylation sites is 1. The van der Waals surface area contributed by atoms with Gasteiger partial charge in [0.2, 0.25) is 0 Å². The number of anilines is 1. The summed E-state index contributed by atoms with van der Waals surface area (Å²) in [5, 5.41) is 0. The average molecular weight is 193 g/mol. The molecule has 0 amide bonds. The summed E-state index contributed by atoms with van der Waals surface area (Å²) in [6.07, 6.45) is 6.54. The van der Waals surface area contributed by atoms with Crippen molar-refractivity contribution >= 4 is 18.6 Å². The lowest BCUT2D eigenvalue weighted by atomic mass is 9.56. The minimum atomic E-state index is 0.393. The Kier molecular flexibility index (Phi) is 1.81. The summed E-state index contributed by atoms with van der Waals surface area (Å²) < 4.78 is 0. The van der Waals surface area contributed by atoms with E-state index in [1.807, 2.05) is 0 Å². The van der Waals surface area contributed by atoms with Crippen molar-refractivity contribution < 1.29 is 0 Å². The summed E-state index contributed by atoms with van der Waals surface area (Å²) in [4.78, 5) is 2.31. The molecule has 1 nitrogen and oxygen atoms in total. The van der Waals surface area contributed by atoms with Gasteiger partial charge in [-0.2, -0.15) is 0 Å². The molecule has 0 N–H and O–H groups in total. The zero-order chi connectivity index (χ0) is 10.3. The van der Waals surface area contributed by atoms with Crippen molar-refractivity contribution in [2.45, 2.75) is 6.92 Å². The van der Waals surface area contributed by atoms with Crippen LogP contribution in [0.25, 0.3) is 6.08 Å². The molecule has 0 atom stereocenters. The molecular formula is C13H12BN. The molecule has 0 spiro atoms. The van der Waals surface area contributed by atoms with Crippen molar-refractivity contribution in [3.05, 3.63) is 59.6 Å². The summed E-state index contributed by atoms with van der Waals surface area (Å²) in [7, 11) is 0. The SMILES string of the molecule is CC1=CB2C=Cc3ccccc3N2C=C1. The molecule has 2 aliphatic heterocycles. The average Bonchev–Trinajstić information content (AvgIpc) is 2.28. The molecule has 2 heteroatoms. The van der Waals surface area contributed by atoms with Crippen LogP contribution in [0, 0.1) is 0 Å². The number of nitrogens with zero attached hydrogens (tertiary/aromatic N) is 1. The molecule has 1 aromatic rings. The van der Waals surface area contributed by atoms with Gasteiger partial charge in [-0.3, -0.25) is 0 Å². The van der Waals surface area contributed by atoms with Crippen LogP contribution < -0.4 is 4.81 Å². The van der Waals surface area contributed by atoms with Crippen LogP contribution in [0.15, 0.2) is 54.1 Å². The first-order valence-corrected chi connectivity index (χ1v) is 5.27. The lowest BCUT2D eigenvalue weighted by molar-refractivity contribution is 1.33. The third-order valence-electron chi connectivity index (χ3n) is 2.94. The van der Waals surface area contributed by atoms with Crippen molar-refractivity contribution in [3.63, 3.8) is 0 Å². The largest absolute Gasteiger partial charge is 0.383 e. The molecule has 0 fully saturated rings. The van der Waals surface area contributed by atoms with Crippen molar-refractivity contribution in [3.8, 4) is 0 Å². The van der Waals surface area contributed by atoms with Crippen molar-refractivity contribution in [2.24, 2.45) is 0 Å². The van der Waals surface area contributed by atoms with E-state index in [2.05, 4.69) is 66.3 Å². The second kappa shape index (κ2) is 3.16. The second-order valence-electron chi connectivity index (χ2n) is 4.04. The highest BCUT2D eigenvalue weighted by Crippen LogP contribution is 2.29. The summed E-state index contributed by atoms with van der Waals surface area (Å²) in [5.74, 6) is 4.53. The van der Waals surface area contributed by atoms with E-state index >= 15 is 0 Å². The van der Waals surface area contributed by atoms with Crippen molar-refractivity contribution in [1.82, 2.24) is 0 Å². The zero-order valence-electron chi connectivity index (χ0n) is 8.72. The first-order chi connectivity index (χ1) is 7.34. The van der Waals surface area contributed by atoms with E-state index in [1.165, 1.54) is 16.8 Å². The fourth-order valence-electron chi connectivity index (χ4n) is 2.16. The van der Waals surface area contributed by atoms with Gasteiger partial charge in [0.1, 0.15) is 0 Å². The molecule has 72 valence electrons. The Morgan fingerprint density at radius 2 is 2.00 bits per heavy atom. The van der Waals surface area contributed by atoms with E-state index in [9.17, 15) is 0 Å². The van der Waals surface area contributed by atoms with E-state index in [1.54, 1.807) is 0 Å². The minimum absolute atomic E-state index is 0.393. The Morgan fingerprint density at radius 1 is 1.13 bits per heavy atom. The molecule has 2 heterocycles. The van der Waals surface area contributed by atoms with Gasteiger partial charge in [-0.1, -0.05) is 41.8 Å². The Hall–Kier alpha value is -1.70. The van der Waals surface area contributed by atoms with Crippen molar-refractivity contribution in [1.29, 1.82) is 0 Å². The zero-order valence-corrected chi connectivity index (χ0v) is 8.72. The second-order valence-corrected chi connectivity index (χ2v) is 4.04. The maximum absolute atomic E-state index is 2.31. The number of hydrogen-bond acceptors (Lipinski definition) is 1. The normalized spacial score (nSPS) is 17.3. The summed E-state index contributed by atoms with van der Waals surface area (Å²) >= 11 is 0. The van der Waals surface area contributed by atoms with Crippen LogP contribution in [0.4, 0.5) is 5.69 Å². The first-order valence-electron chi connectivity index (χ1n) is 5.27. The first kappa shape index (κ1) is 8.60. The highest BCUT2D eigenvalue weighted by Gasteiger charge is 2.24. The van der Waals surface area contributed by atoms with E-state index < -0.39 is 0 Å². The molecular weight excluding hydrogens is 181 g/mol. The molecule has 2 aliphatic rings. The van der Waals surface area contributed by atoms with Crippen LogP contribution in [0.3, 0.4) is 0 Å². The number of hydrogen-bond donors (Lipinski definition) is 0. The predicted octanol–water partition coefficient (Wildman–Crippen LogP) is 3.06. The van der Waals surface area contributed by atoms with Gasteiger partial charge in [0.25, 0.3) is 0 Å². The standard InChI is InChI=1S/C13H12BN/c1-11-7-9-15-13-5-3-2-4-12(13)6-8-14(15)10-11/h2-10H,1H3. The van der Waals surface area contributed by atoms with Gasteiger partial charge in [0.05, 0.1) is 0 Å². The number of rotatable bonds is 0. The highest BCUT2D eigenvalue weighted by atomic mass is 15.1. The molecule has 0 unspecified atom stereocenters. The van der Waals surface area contributed by atoms with Gasteiger partial charge in [0.15, 0.2) is 0 Å². The van der Waals surface area contributed by atoms with Crippen LogP contribution in [-0.2, 0) is 0 Å². The predicted molar refractivity (Wildman–Crippen MR) is 66.6 cm³/mol. The van der Waals surface area contributed by atoms with Gasteiger partial charge >= 0.3 is 6.85 Å². The van der Waals surface area contributed by atoms with Crippen LogP contribution in [0.1, 0.15) is 12.5 Å². The van der Waals surface area contributed by atoms with Gasteiger partial charge in [-0.05, 0) is 30.8 Å². The molecule has 0 aliphatic carbocycles. The lowest BCUT2D eigenvalue weighted by Gasteiger charge is -2.31. The van der Waals surface area contributed by atoms with Crippen LogP contribution in [0.2, 0.25) is 0 Å². The summed E-state index contributed by atoms with van der Waals surface area (Å²) in [6, 6.07) is 8.50. The Labute approximate surface area is 90.5 Å². The smallest absolute Gasteiger partial charge is 0.312 e. The molecule has 0 bridgehead atoms. The molecule has 0 radical (unpaired) electrons. The van der Waals surface area contributed by atoms with Gasteiger partial charge in [0, 0.05) is 5.69 Å². The summed E-state index contributed by atoms with van der Waals surface area (Å²) in [5.41, 5.74) is 3.93. The van der Waals surface area contributed by atoms with Crippen LogP contribution >= 0.6 is 0 Å². The van der Waals surface area contributed by atoms with Gasteiger partial charge in [-0.25, -0.2) is 0 Å². The molecule has 0 aromatic heterocycles. The summed E-state index contributed by atoms with van der Waals surface area (Å²) in [6.45, 7) is 2.53. The molecule has 0 saturated carbocycles. The number of benzene rings is 1. The molecule has 3 rings (SSSR count). The van der Waals surface area contributed by atoms with Crippen LogP contribution in [0.5, 0.6) is 0 Å². The molecule has 1 aromatic carbocycles. The third kappa shape index (κ3) is 1.33. The van der Waals surface area contributed by atoms with Crippen LogP contribution in [-0.4, -0.2) is 6.85 Å². The monoisotopic (exact) mass is 193 g/mol. The minimum Gasteiger partial charge on any atom is -0.383 e. The fourth-order valence-corrected chi connectivity index (χ4v) is 2.16. The molecule has 0 saturated heterocycles. The highest BCUT2D eigenvalue weighted by molar-refractivity contribution is 6.75. The Balaban J connectivity index is 2.12. The lowest BCUT2D eigenvalue weighted by Crippen LogP contribution is -2.36. The topological polar surface area (TPSA) is 3.24 Å². The third-order valence-corrected chi connectivity index (χ3v) is 2.94. The van der Waals surface area contributed by atoms with Gasteiger partial charge in [-0.15, -0.1) is 0 Å². The number of allylic oxidation sites excluding steroid dienone is 2. The number of fused-ring (bicyclic) bond motifs is 3. The van der Waals surface area contributed by atoms with E-state index in [-0.39, 0.29) is 0 Å². The van der Waals surface area contributed by atoms with Gasteiger partial charge < -0.3 is 4.81 Å². The van der Waals surface area contributed by atoms with E-state index in [4.69, 9.17) is 0 Å².